The minimum atomic E-state index is -0.598. The number of carbonyl (C=O) groups is 1. The standard InChI is InChI=1S/C16H33N3O/c1-6-15(4)7-10-19(11-8-15)12-9-16(5,14(17)20)18-13(2)3/h13,18H,6-12H2,1-5H3,(H2,17,20). The number of piperidine rings is 1. The van der Waals surface area contributed by atoms with Crippen molar-refractivity contribution in [1.29, 1.82) is 0 Å². The van der Waals surface area contributed by atoms with Crippen LogP contribution >= 0.6 is 0 Å². The first-order chi connectivity index (χ1) is 9.21. The highest BCUT2D eigenvalue weighted by molar-refractivity contribution is 5.84. The third kappa shape index (κ3) is 4.74. The highest BCUT2D eigenvalue weighted by atomic mass is 16.1. The first-order valence-corrected chi connectivity index (χ1v) is 8.01. The predicted octanol–water partition coefficient (Wildman–Crippen LogP) is 2.13. The van der Waals surface area contributed by atoms with Crippen LogP contribution in [0.3, 0.4) is 0 Å². The van der Waals surface area contributed by atoms with Gasteiger partial charge < -0.3 is 16.0 Å². The molecule has 3 N–H and O–H groups in total. The molecule has 1 aliphatic rings. The summed E-state index contributed by atoms with van der Waals surface area (Å²) in [6.45, 7) is 13.9. The number of nitrogens with two attached hydrogens (primary N) is 1. The molecule has 1 unspecified atom stereocenters. The summed E-state index contributed by atoms with van der Waals surface area (Å²) in [7, 11) is 0. The van der Waals surface area contributed by atoms with Gasteiger partial charge in [-0.15, -0.1) is 0 Å². The number of carbonyl (C=O) groups excluding carboxylic acids is 1. The van der Waals surface area contributed by atoms with Gasteiger partial charge in [0.05, 0.1) is 5.54 Å². The van der Waals surface area contributed by atoms with Crippen molar-refractivity contribution in [1.82, 2.24) is 10.2 Å². The summed E-state index contributed by atoms with van der Waals surface area (Å²) in [5.41, 5.74) is 5.50. The molecule has 118 valence electrons. The topological polar surface area (TPSA) is 58.4 Å². The molecule has 1 saturated heterocycles. The van der Waals surface area contributed by atoms with Crippen LogP contribution in [-0.2, 0) is 4.79 Å². The quantitative estimate of drug-likeness (QED) is 0.752. The third-order valence-corrected chi connectivity index (χ3v) is 5.00. The second-order valence-corrected chi connectivity index (χ2v) is 7.25. The van der Waals surface area contributed by atoms with E-state index in [0.29, 0.717) is 5.41 Å². The van der Waals surface area contributed by atoms with Gasteiger partial charge in [0.2, 0.25) is 5.91 Å². The lowest BCUT2D eigenvalue weighted by Gasteiger charge is -2.40. The van der Waals surface area contributed by atoms with Crippen molar-refractivity contribution in [3.63, 3.8) is 0 Å². The lowest BCUT2D eigenvalue weighted by molar-refractivity contribution is -0.124. The third-order valence-electron chi connectivity index (χ3n) is 5.00. The van der Waals surface area contributed by atoms with E-state index < -0.39 is 5.54 Å². The zero-order valence-electron chi connectivity index (χ0n) is 14.0. The molecule has 0 bridgehead atoms. The Morgan fingerprint density at radius 1 is 1.40 bits per heavy atom. The summed E-state index contributed by atoms with van der Waals surface area (Å²) in [5.74, 6) is -0.249. The number of nitrogens with one attached hydrogen (secondary N) is 1. The van der Waals surface area contributed by atoms with E-state index in [1.165, 1.54) is 19.3 Å². The second kappa shape index (κ2) is 6.90. The minimum Gasteiger partial charge on any atom is -0.368 e. The van der Waals surface area contributed by atoms with Gasteiger partial charge in [-0.25, -0.2) is 0 Å². The number of hydrogen-bond acceptors (Lipinski definition) is 3. The maximum Gasteiger partial charge on any atom is 0.237 e. The first-order valence-electron chi connectivity index (χ1n) is 8.01. The fraction of sp³-hybridized carbons (Fsp3) is 0.938. The zero-order chi connectivity index (χ0) is 15.4. The molecule has 0 spiro atoms. The molecule has 1 heterocycles. The molecule has 0 saturated carbocycles. The van der Waals surface area contributed by atoms with E-state index in [9.17, 15) is 4.79 Å². The summed E-state index contributed by atoms with van der Waals surface area (Å²) in [4.78, 5) is 14.2. The zero-order valence-corrected chi connectivity index (χ0v) is 14.0. The summed E-state index contributed by atoms with van der Waals surface area (Å²) in [6.07, 6.45) is 4.56. The van der Waals surface area contributed by atoms with Gasteiger partial charge in [0.25, 0.3) is 0 Å². The lowest BCUT2D eigenvalue weighted by atomic mass is 9.78. The smallest absolute Gasteiger partial charge is 0.237 e. The van der Waals surface area contributed by atoms with E-state index in [1.54, 1.807) is 0 Å². The molecule has 1 rings (SSSR count). The maximum absolute atomic E-state index is 11.7. The fourth-order valence-corrected chi connectivity index (χ4v) is 2.96. The average Bonchev–Trinajstić information content (AvgIpc) is 2.37. The Kier molecular flexibility index (Phi) is 6.02. The molecule has 1 amide bonds. The van der Waals surface area contributed by atoms with Crippen LogP contribution < -0.4 is 11.1 Å². The number of amides is 1. The molecule has 20 heavy (non-hydrogen) atoms. The van der Waals surface area contributed by atoms with Crippen molar-refractivity contribution in [2.45, 2.75) is 71.9 Å². The van der Waals surface area contributed by atoms with E-state index >= 15 is 0 Å². The van der Waals surface area contributed by atoms with Gasteiger partial charge in [-0.1, -0.05) is 20.3 Å². The van der Waals surface area contributed by atoms with Crippen LogP contribution in [0.25, 0.3) is 0 Å². The number of hydrogen-bond donors (Lipinski definition) is 2. The van der Waals surface area contributed by atoms with Crippen LogP contribution in [0, 0.1) is 5.41 Å². The van der Waals surface area contributed by atoms with Gasteiger partial charge in [0.15, 0.2) is 0 Å². The molecule has 1 aliphatic heterocycles. The van der Waals surface area contributed by atoms with Gasteiger partial charge in [0, 0.05) is 12.6 Å². The molecule has 4 heteroatoms. The summed E-state index contributed by atoms with van der Waals surface area (Å²) < 4.78 is 0. The number of rotatable bonds is 7. The Labute approximate surface area is 124 Å². The van der Waals surface area contributed by atoms with Crippen molar-refractivity contribution in [2.24, 2.45) is 11.1 Å². The Bertz CT molecular complexity index is 322. The molecule has 0 aromatic heterocycles. The van der Waals surface area contributed by atoms with Gasteiger partial charge in [-0.3, -0.25) is 4.79 Å². The van der Waals surface area contributed by atoms with Crippen molar-refractivity contribution in [3.05, 3.63) is 0 Å². The molecule has 0 radical (unpaired) electrons. The predicted molar refractivity (Wildman–Crippen MR) is 84.6 cm³/mol. The molecule has 4 nitrogen and oxygen atoms in total. The van der Waals surface area contributed by atoms with Crippen LogP contribution in [0.4, 0.5) is 0 Å². The highest BCUT2D eigenvalue weighted by Crippen LogP contribution is 2.34. The lowest BCUT2D eigenvalue weighted by Crippen LogP contribution is -2.57. The number of primary amides is 1. The van der Waals surface area contributed by atoms with Crippen LogP contribution in [0.5, 0.6) is 0 Å². The van der Waals surface area contributed by atoms with Gasteiger partial charge in [-0.05, 0) is 58.5 Å². The van der Waals surface area contributed by atoms with Crippen LogP contribution in [0.15, 0.2) is 0 Å². The van der Waals surface area contributed by atoms with Crippen molar-refractivity contribution >= 4 is 5.91 Å². The molecule has 0 aliphatic carbocycles. The minimum absolute atomic E-state index is 0.249. The van der Waals surface area contributed by atoms with Crippen LogP contribution in [0.1, 0.15) is 60.3 Å². The Morgan fingerprint density at radius 3 is 2.35 bits per heavy atom. The van der Waals surface area contributed by atoms with E-state index in [1.807, 2.05) is 6.92 Å². The van der Waals surface area contributed by atoms with E-state index in [4.69, 9.17) is 5.73 Å². The Balaban J connectivity index is 2.47. The van der Waals surface area contributed by atoms with Gasteiger partial charge in [0.1, 0.15) is 0 Å². The van der Waals surface area contributed by atoms with E-state index in [2.05, 4.69) is 37.9 Å². The summed E-state index contributed by atoms with van der Waals surface area (Å²) >= 11 is 0. The SMILES string of the molecule is CCC1(C)CCN(CCC(C)(NC(C)C)C(N)=O)CC1. The van der Waals surface area contributed by atoms with Crippen molar-refractivity contribution in [3.8, 4) is 0 Å². The maximum atomic E-state index is 11.7. The van der Waals surface area contributed by atoms with Gasteiger partial charge >= 0.3 is 0 Å². The molecule has 1 atom stereocenters. The normalized spacial score (nSPS) is 22.7. The molecular formula is C16H33N3O. The largest absolute Gasteiger partial charge is 0.368 e. The summed E-state index contributed by atoms with van der Waals surface area (Å²) in [5, 5.41) is 3.32. The Morgan fingerprint density at radius 2 is 1.95 bits per heavy atom. The number of nitrogens with zero attached hydrogens (tertiary/aromatic N) is 1. The molecule has 0 aromatic rings. The van der Waals surface area contributed by atoms with Gasteiger partial charge in [-0.2, -0.15) is 0 Å². The van der Waals surface area contributed by atoms with E-state index in [0.717, 1.165) is 26.1 Å². The fourth-order valence-electron chi connectivity index (χ4n) is 2.96. The van der Waals surface area contributed by atoms with Crippen molar-refractivity contribution < 1.29 is 4.79 Å². The van der Waals surface area contributed by atoms with E-state index in [-0.39, 0.29) is 11.9 Å². The summed E-state index contributed by atoms with van der Waals surface area (Å²) in [6, 6.07) is 0.261. The molecule has 1 fully saturated rings. The average molecular weight is 283 g/mol. The first kappa shape index (κ1) is 17.4. The van der Waals surface area contributed by atoms with Crippen LogP contribution in [0.2, 0.25) is 0 Å². The van der Waals surface area contributed by atoms with Crippen LogP contribution in [-0.4, -0.2) is 42.0 Å². The number of likely N-dealkylation sites (tertiary alicyclic amines) is 1. The second-order valence-electron chi connectivity index (χ2n) is 7.25. The highest BCUT2D eigenvalue weighted by Gasteiger charge is 2.33. The monoisotopic (exact) mass is 283 g/mol. The molecular weight excluding hydrogens is 250 g/mol. The van der Waals surface area contributed by atoms with Crippen molar-refractivity contribution in [2.75, 3.05) is 19.6 Å². The Hall–Kier alpha value is -0.610. The molecule has 0 aromatic carbocycles.